The highest BCUT2D eigenvalue weighted by Crippen LogP contribution is 2.39. The summed E-state index contributed by atoms with van der Waals surface area (Å²) >= 11 is 9.75. The summed E-state index contributed by atoms with van der Waals surface area (Å²) in [5.74, 6) is 1.02. The number of rotatable bonds is 3. The number of halogens is 2. The highest BCUT2D eigenvalue weighted by Gasteiger charge is 2.23. The van der Waals surface area contributed by atoms with E-state index in [1.807, 2.05) is 20.0 Å². The lowest BCUT2D eigenvalue weighted by molar-refractivity contribution is 0.351. The van der Waals surface area contributed by atoms with Gasteiger partial charge in [-0.25, -0.2) is 0 Å². The van der Waals surface area contributed by atoms with Crippen LogP contribution in [0.1, 0.15) is 28.3 Å². The van der Waals surface area contributed by atoms with Crippen molar-refractivity contribution in [1.82, 2.24) is 5.32 Å². The Morgan fingerprint density at radius 3 is 2.81 bits per heavy atom. The molecule has 0 spiro atoms. The SMILES string of the molecule is CNC(c1ccc(Cl)c(C)c1)c1cc(Br)cc2c1OCC2. The largest absolute Gasteiger partial charge is 0.493 e. The van der Waals surface area contributed by atoms with E-state index in [2.05, 4.69) is 45.5 Å². The van der Waals surface area contributed by atoms with Crippen molar-refractivity contribution >= 4 is 27.5 Å². The van der Waals surface area contributed by atoms with Gasteiger partial charge in [-0.15, -0.1) is 0 Å². The minimum Gasteiger partial charge on any atom is -0.493 e. The van der Waals surface area contributed by atoms with Crippen molar-refractivity contribution in [3.8, 4) is 5.75 Å². The number of hydrogen-bond donors (Lipinski definition) is 1. The standard InChI is InChI=1S/C17H17BrClNO/c1-10-7-11(3-4-15(10)19)16(20-2)14-9-13(18)8-12-5-6-21-17(12)14/h3-4,7-9,16,20H,5-6H2,1-2H3. The van der Waals surface area contributed by atoms with Gasteiger partial charge in [0.15, 0.2) is 0 Å². The van der Waals surface area contributed by atoms with Crippen LogP contribution in [0.5, 0.6) is 5.75 Å². The predicted octanol–water partition coefficient (Wildman–Crippen LogP) is 4.65. The number of fused-ring (bicyclic) bond motifs is 1. The van der Waals surface area contributed by atoms with Crippen molar-refractivity contribution in [2.75, 3.05) is 13.7 Å². The fraction of sp³-hybridized carbons (Fsp3) is 0.294. The molecular weight excluding hydrogens is 350 g/mol. The molecule has 1 N–H and O–H groups in total. The summed E-state index contributed by atoms with van der Waals surface area (Å²) in [6.45, 7) is 2.79. The summed E-state index contributed by atoms with van der Waals surface area (Å²) in [7, 11) is 1.97. The van der Waals surface area contributed by atoms with Crippen LogP contribution >= 0.6 is 27.5 Å². The first-order chi connectivity index (χ1) is 10.1. The Morgan fingerprint density at radius 2 is 2.10 bits per heavy atom. The van der Waals surface area contributed by atoms with E-state index in [9.17, 15) is 0 Å². The maximum atomic E-state index is 6.14. The molecule has 3 rings (SSSR count). The molecule has 1 unspecified atom stereocenters. The second-order valence-electron chi connectivity index (χ2n) is 5.31. The van der Waals surface area contributed by atoms with Gasteiger partial charge in [0.2, 0.25) is 0 Å². The van der Waals surface area contributed by atoms with E-state index in [0.29, 0.717) is 0 Å². The summed E-state index contributed by atoms with van der Waals surface area (Å²) in [4.78, 5) is 0. The molecule has 0 aromatic heterocycles. The van der Waals surface area contributed by atoms with Crippen LogP contribution in [0.25, 0.3) is 0 Å². The minimum atomic E-state index is 0.0883. The summed E-state index contributed by atoms with van der Waals surface area (Å²) in [5.41, 5.74) is 4.71. The normalized spacial score (nSPS) is 14.7. The lowest BCUT2D eigenvalue weighted by Gasteiger charge is -2.21. The molecule has 0 saturated carbocycles. The lowest BCUT2D eigenvalue weighted by Crippen LogP contribution is -2.18. The van der Waals surface area contributed by atoms with E-state index in [1.54, 1.807) is 0 Å². The summed E-state index contributed by atoms with van der Waals surface area (Å²) in [6, 6.07) is 10.5. The van der Waals surface area contributed by atoms with Crippen molar-refractivity contribution in [2.45, 2.75) is 19.4 Å². The van der Waals surface area contributed by atoms with Gasteiger partial charge < -0.3 is 10.1 Å². The van der Waals surface area contributed by atoms with Gasteiger partial charge >= 0.3 is 0 Å². The van der Waals surface area contributed by atoms with Crippen LogP contribution in [0, 0.1) is 6.92 Å². The Bertz CT molecular complexity index is 687. The van der Waals surface area contributed by atoms with Gasteiger partial charge in [0.05, 0.1) is 12.6 Å². The Kier molecular flexibility index (Phi) is 4.25. The summed E-state index contributed by atoms with van der Waals surface area (Å²) < 4.78 is 6.95. The smallest absolute Gasteiger partial charge is 0.127 e. The van der Waals surface area contributed by atoms with Gasteiger partial charge in [-0.2, -0.15) is 0 Å². The fourth-order valence-corrected chi connectivity index (χ4v) is 3.50. The molecule has 1 aliphatic rings. The number of hydrogen-bond acceptors (Lipinski definition) is 2. The van der Waals surface area contributed by atoms with Crippen LogP contribution in [-0.2, 0) is 6.42 Å². The second kappa shape index (κ2) is 5.99. The van der Waals surface area contributed by atoms with Crippen LogP contribution in [0.4, 0.5) is 0 Å². The Balaban J connectivity index is 2.10. The molecule has 1 atom stereocenters. The minimum absolute atomic E-state index is 0.0883. The highest BCUT2D eigenvalue weighted by molar-refractivity contribution is 9.10. The molecule has 0 saturated heterocycles. The summed E-state index contributed by atoms with van der Waals surface area (Å²) in [5, 5.41) is 4.19. The van der Waals surface area contributed by atoms with Crippen LogP contribution in [0.2, 0.25) is 5.02 Å². The third-order valence-corrected chi connectivity index (χ3v) is 4.77. The van der Waals surface area contributed by atoms with E-state index in [-0.39, 0.29) is 6.04 Å². The molecular formula is C17H17BrClNO. The van der Waals surface area contributed by atoms with E-state index < -0.39 is 0 Å². The average Bonchev–Trinajstić information content (AvgIpc) is 2.91. The first-order valence-electron chi connectivity index (χ1n) is 6.98. The van der Waals surface area contributed by atoms with Crippen molar-refractivity contribution < 1.29 is 4.74 Å². The van der Waals surface area contributed by atoms with E-state index >= 15 is 0 Å². The van der Waals surface area contributed by atoms with Crippen LogP contribution in [-0.4, -0.2) is 13.7 Å². The first kappa shape index (κ1) is 14.9. The van der Waals surface area contributed by atoms with Gasteiger partial charge in [0.25, 0.3) is 0 Å². The predicted molar refractivity (Wildman–Crippen MR) is 90.4 cm³/mol. The zero-order valence-corrected chi connectivity index (χ0v) is 14.4. The van der Waals surface area contributed by atoms with E-state index in [0.717, 1.165) is 33.8 Å². The van der Waals surface area contributed by atoms with E-state index in [1.165, 1.54) is 16.7 Å². The third-order valence-electron chi connectivity index (χ3n) is 3.89. The molecule has 21 heavy (non-hydrogen) atoms. The average molecular weight is 367 g/mol. The van der Waals surface area contributed by atoms with Crippen molar-refractivity contribution in [3.05, 3.63) is 62.1 Å². The monoisotopic (exact) mass is 365 g/mol. The second-order valence-corrected chi connectivity index (χ2v) is 6.63. The Hall–Kier alpha value is -1.03. The topological polar surface area (TPSA) is 21.3 Å². The number of aryl methyl sites for hydroxylation is 1. The maximum Gasteiger partial charge on any atom is 0.127 e. The van der Waals surface area contributed by atoms with E-state index in [4.69, 9.17) is 16.3 Å². The van der Waals surface area contributed by atoms with Gasteiger partial charge in [-0.1, -0.05) is 39.7 Å². The van der Waals surface area contributed by atoms with Crippen molar-refractivity contribution in [2.24, 2.45) is 0 Å². The third kappa shape index (κ3) is 2.83. The van der Waals surface area contributed by atoms with Gasteiger partial charge in [0, 0.05) is 21.5 Å². The molecule has 2 aromatic rings. The maximum absolute atomic E-state index is 6.14. The molecule has 1 heterocycles. The van der Waals surface area contributed by atoms with Crippen LogP contribution in [0.3, 0.4) is 0 Å². The van der Waals surface area contributed by atoms with Crippen molar-refractivity contribution in [3.63, 3.8) is 0 Å². The molecule has 110 valence electrons. The lowest BCUT2D eigenvalue weighted by atomic mass is 9.95. The van der Waals surface area contributed by atoms with Gasteiger partial charge in [-0.05, 0) is 48.9 Å². The molecule has 1 aliphatic heterocycles. The zero-order valence-electron chi connectivity index (χ0n) is 12.0. The Morgan fingerprint density at radius 1 is 1.29 bits per heavy atom. The number of ether oxygens (including phenoxy) is 1. The quantitative estimate of drug-likeness (QED) is 0.853. The Labute approximate surface area is 138 Å². The molecule has 0 amide bonds. The summed E-state index contributed by atoms with van der Waals surface area (Å²) in [6.07, 6.45) is 0.970. The first-order valence-corrected chi connectivity index (χ1v) is 8.15. The molecule has 0 aliphatic carbocycles. The number of benzene rings is 2. The highest BCUT2D eigenvalue weighted by atomic mass is 79.9. The van der Waals surface area contributed by atoms with Crippen molar-refractivity contribution in [1.29, 1.82) is 0 Å². The molecule has 0 radical (unpaired) electrons. The van der Waals surface area contributed by atoms with Crippen LogP contribution < -0.4 is 10.1 Å². The molecule has 2 aromatic carbocycles. The zero-order chi connectivity index (χ0) is 15.0. The molecule has 4 heteroatoms. The molecule has 0 bridgehead atoms. The van der Waals surface area contributed by atoms with Gasteiger partial charge in [0.1, 0.15) is 5.75 Å². The fourth-order valence-electron chi connectivity index (χ4n) is 2.86. The number of nitrogens with one attached hydrogen (secondary N) is 1. The molecule has 0 fully saturated rings. The van der Waals surface area contributed by atoms with Crippen LogP contribution in [0.15, 0.2) is 34.8 Å². The van der Waals surface area contributed by atoms with Gasteiger partial charge in [-0.3, -0.25) is 0 Å². The molecule has 2 nitrogen and oxygen atoms in total.